The maximum absolute atomic E-state index is 12.1. The zero-order chi connectivity index (χ0) is 19.1. The summed E-state index contributed by atoms with van der Waals surface area (Å²) in [4.78, 5) is 15.7. The Morgan fingerprint density at radius 1 is 0.897 bits per heavy atom. The molecule has 0 saturated carbocycles. The van der Waals surface area contributed by atoms with Crippen molar-refractivity contribution in [3.05, 3.63) is 107 Å². The summed E-state index contributed by atoms with van der Waals surface area (Å²) >= 11 is 0. The highest BCUT2D eigenvalue weighted by Crippen LogP contribution is 2.43. The van der Waals surface area contributed by atoms with Gasteiger partial charge in [0.2, 0.25) is 0 Å². The van der Waals surface area contributed by atoms with Crippen LogP contribution in [0.4, 0.5) is 0 Å². The molecule has 29 heavy (non-hydrogen) atoms. The second kappa shape index (κ2) is 7.39. The lowest BCUT2D eigenvalue weighted by molar-refractivity contribution is 0.0694. The quantitative estimate of drug-likeness (QED) is 0.462. The number of aromatic carboxylic acids is 1. The monoisotopic (exact) mass is 404 g/mol. The van der Waals surface area contributed by atoms with E-state index >= 15 is 0 Å². The number of para-hydroxylation sites is 1. The third-order valence-corrected chi connectivity index (χ3v) is 5.72. The summed E-state index contributed by atoms with van der Waals surface area (Å²) < 4.78 is 0. The molecule has 3 N–H and O–H groups in total. The molecule has 5 rings (SSSR count). The van der Waals surface area contributed by atoms with Crippen molar-refractivity contribution in [2.75, 3.05) is 6.54 Å². The van der Waals surface area contributed by atoms with Gasteiger partial charge >= 0.3 is 5.97 Å². The molecule has 2 heterocycles. The SMILES string of the molecule is Cl.O=C(O)c1ccccc1[C@@]1(c2ccccc2)NCCc2c1[nH]c1ccccc21. The van der Waals surface area contributed by atoms with E-state index in [-0.39, 0.29) is 12.4 Å². The van der Waals surface area contributed by atoms with Crippen molar-refractivity contribution in [1.82, 2.24) is 10.3 Å². The van der Waals surface area contributed by atoms with Crippen LogP contribution in [0.1, 0.15) is 32.7 Å². The summed E-state index contributed by atoms with van der Waals surface area (Å²) in [5.41, 5.74) is 4.69. The first-order valence-corrected chi connectivity index (χ1v) is 9.45. The molecule has 1 aliphatic heterocycles. The normalized spacial score (nSPS) is 18.1. The molecular weight excluding hydrogens is 384 g/mol. The van der Waals surface area contributed by atoms with E-state index in [9.17, 15) is 9.90 Å². The molecule has 0 aliphatic carbocycles. The van der Waals surface area contributed by atoms with Gasteiger partial charge in [0.25, 0.3) is 0 Å². The van der Waals surface area contributed by atoms with Crippen LogP contribution in [-0.2, 0) is 12.0 Å². The van der Waals surface area contributed by atoms with Gasteiger partial charge in [0, 0.05) is 23.1 Å². The Labute approximate surface area is 175 Å². The van der Waals surface area contributed by atoms with E-state index in [0.29, 0.717) is 5.56 Å². The average Bonchev–Trinajstić information content (AvgIpc) is 3.13. The summed E-state index contributed by atoms with van der Waals surface area (Å²) in [5, 5.41) is 14.8. The maximum atomic E-state index is 12.1. The Morgan fingerprint density at radius 3 is 2.38 bits per heavy atom. The number of hydrogen-bond acceptors (Lipinski definition) is 2. The molecule has 1 aliphatic rings. The van der Waals surface area contributed by atoms with Crippen LogP contribution in [0, 0.1) is 0 Å². The number of H-pyrrole nitrogens is 1. The predicted octanol–water partition coefficient (Wildman–Crippen LogP) is 4.73. The van der Waals surface area contributed by atoms with E-state index in [0.717, 1.165) is 35.3 Å². The van der Waals surface area contributed by atoms with Gasteiger partial charge in [-0.25, -0.2) is 4.79 Å². The molecule has 0 fully saturated rings. The Kier molecular flexibility index (Phi) is 4.91. The average molecular weight is 405 g/mol. The van der Waals surface area contributed by atoms with Gasteiger partial charge in [0.1, 0.15) is 5.54 Å². The molecule has 0 bridgehead atoms. The zero-order valence-corrected chi connectivity index (χ0v) is 16.5. The molecule has 5 heteroatoms. The minimum absolute atomic E-state index is 0. The summed E-state index contributed by atoms with van der Waals surface area (Å²) in [6, 6.07) is 25.7. The van der Waals surface area contributed by atoms with Gasteiger partial charge in [-0.3, -0.25) is 5.32 Å². The summed E-state index contributed by atoms with van der Waals surface area (Å²) in [6.07, 6.45) is 0.892. The highest BCUT2D eigenvalue weighted by atomic mass is 35.5. The highest BCUT2D eigenvalue weighted by molar-refractivity contribution is 5.91. The second-order valence-electron chi connectivity index (χ2n) is 7.17. The highest BCUT2D eigenvalue weighted by Gasteiger charge is 2.43. The molecule has 146 valence electrons. The number of hydrogen-bond donors (Lipinski definition) is 3. The van der Waals surface area contributed by atoms with Crippen molar-refractivity contribution < 1.29 is 9.90 Å². The fraction of sp³-hybridized carbons (Fsp3) is 0.125. The third kappa shape index (κ3) is 2.84. The lowest BCUT2D eigenvalue weighted by atomic mass is 9.74. The van der Waals surface area contributed by atoms with Crippen LogP contribution in [0.25, 0.3) is 10.9 Å². The number of rotatable bonds is 3. The van der Waals surface area contributed by atoms with Gasteiger partial charge in [-0.05, 0) is 35.2 Å². The van der Waals surface area contributed by atoms with Crippen LogP contribution in [0.2, 0.25) is 0 Å². The van der Waals surface area contributed by atoms with Crippen LogP contribution in [0.5, 0.6) is 0 Å². The number of benzene rings is 3. The molecule has 0 unspecified atom stereocenters. The van der Waals surface area contributed by atoms with Crippen LogP contribution in [0.15, 0.2) is 78.9 Å². The number of aromatic nitrogens is 1. The summed E-state index contributed by atoms with van der Waals surface area (Å²) in [6.45, 7) is 0.762. The number of aromatic amines is 1. The van der Waals surface area contributed by atoms with Gasteiger partial charge in [-0.2, -0.15) is 0 Å². The van der Waals surface area contributed by atoms with Crippen molar-refractivity contribution in [2.24, 2.45) is 0 Å². The van der Waals surface area contributed by atoms with E-state index in [4.69, 9.17) is 0 Å². The largest absolute Gasteiger partial charge is 0.478 e. The lowest BCUT2D eigenvalue weighted by Gasteiger charge is -2.40. The number of carbonyl (C=O) groups is 1. The van der Waals surface area contributed by atoms with E-state index < -0.39 is 11.5 Å². The fourth-order valence-corrected chi connectivity index (χ4v) is 4.56. The van der Waals surface area contributed by atoms with Crippen molar-refractivity contribution >= 4 is 29.3 Å². The molecule has 1 aromatic heterocycles. The number of carboxylic acid groups (broad SMARTS) is 1. The first-order chi connectivity index (χ1) is 13.7. The van der Waals surface area contributed by atoms with Crippen LogP contribution in [0.3, 0.4) is 0 Å². The predicted molar refractivity (Wildman–Crippen MR) is 117 cm³/mol. The van der Waals surface area contributed by atoms with E-state index in [1.165, 1.54) is 10.9 Å². The Balaban J connectivity index is 0.00000205. The molecule has 3 aromatic carbocycles. The fourth-order valence-electron chi connectivity index (χ4n) is 4.56. The van der Waals surface area contributed by atoms with Crippen molar-refractivity contribution in [3.8, 4) is 0 Å². The number of carboxylic acids is 1. The minimum atomic E-state index is -0.920. The number of halogens is 1. The van der Waals surface area contributed by atoms with E-state index in [2.05, 4.69) is 34.6 Å². The first-order valence-electron chi connectivity index (χ1n) is 9.45. The minimum Gasteiger partial charge on any atom is -0.478 e. The molecule has 1 atom stereocenters. The molecule has 0 radical (unpaired) electrons. The maximum Gasteiger partial charge on any atom is 0.336 e. The molecule has 4 nitrogen and oxygen atoms in total. The van der Waals surface area contributed by atoms with Gasteiger partial charge in [-0.15, -0.1) is 12.4 Å². The van der Waals surface area contributed by atoms with Gasteiger partial charge in [0.15, 0.2) is 0 Å². The van der Waals surface area contributed by atoms with Crippen molar-refractivity contribution in [1.29, 1.82) is 0 Å². The number of nitrogens with one attached hydrogen (secondary N) is 2. The second-order valence-corrected chi connectivity index (χ2v) is 7.17. The van der Waals surface area contributed by atoms with Gasteiger partial charge in [0.05, 0.1) is 5.56 Å². The standard InChI is InChI=1S/C24H20N2O2.ClH/c27-23(28)19-11-4-6-12-20(19)24(16-8-2-1-3-9-16)22-18(14-15-25-24)17-10-5-7-13-21(17)26-22;/h1-13,25-26H,14-15H2,(H,27,28);1H/t24-;/m1./s1. The van der Waals surface area contributed by atoms with Gasteiger partial charge < -0.3 is 10.1 Å². The van der Waals surface area contributed by atoms with Gasteiger partial charge in [-0.1, -0.05) is 66.7 Å². The molecule has 0 saturated heterocycles. The van der Waals surface area contributed by atoms with E-state index in [1.807, 2.05) is 42.5 Å². The third-order valence-electron chi connectivity index (χ3n) is 5.72. The summed E-state index contributed by atoms with van der Waals surface area (Å²) in [5.74, 6) is -0.920. The van der Waals surface area contributed by atoms with Crippen molar-refractivity contribution in [3.63, 3.8) is 0 Å². The van der Waals surface area contributed by atoms with Crippen LogP contribution < -0.4 is 5.32 Å². The molecule has 0 spiro atoms. The topological polar surface area (TPSA) is 65.1 Å². The first kappa shape index (κ1) is 19.2. The van der Waals surface area contributed by atoms with Crippen LogP contribution in [-0.4, -0.2) is 22.6 Å². The lowest BCUT2D eigenvalue weighted by Crippen LogP contribution is -2.50. The molecule has 0 amide bonds. The Hall–Kier alpha value is -3.08. The molecular formula is C24H21ClN2O2. The summed E-state index contributed by atoms with van der Waals surface area (Å²) in [7, 11) is 0. The number of fused-ring (bicyclic) bond motifs is 3. The Morgan fingerprint density at radius 2 is 1.59 bits per heavy atom. The van der Waals surface area contributed by atoms with Crippen LogP contribution >= 0.6 is 12.4 Å². The molecule has 4 aromatic rings. The Bertz CT molecular complexity index is 1190. The van der Waals surface area contributed by atoms with E-state index in [1.54, 1.807) is 12.1 Å². The van der Waals surface area contributed by atoms with Crippen molar-refractivity contribution in [2.45, 2.75) is 12.0 Å². The zero-order valence-electron chi connectivity index (χ0n) is 15.7. The smallest absolute Gasteiger partial charge is 0.336 e.